The van der Waals surface area contributed by atoms with Crippen LogP contribution in [0.1, 0.15) is 19.7 Å². The maximum Gasteiger partial charge on any atom is 0.134 e. The average Bonchev–Trinajstić information content (AvgIpc) is 2.26. The molecule has 1 aliphatic heterocycles. The lowest BCUT2D eigenvalue weighted by Gasteiger charge is -2.40. The van der Waals surface area contributed by atoms with Gasteiger partial charge in [-0.15, -0.1) is 0 Å². The van der Waals surface area contributed by atoms with Crippen LogP contribution >= 0.6 is 0 Å². The van der Waals surface area contributed by atoms with Crippen LogP contribution in [0.15, 0.2) is 6.07 Å². The molecular weight excluding hydrogens is 226 g/mol. The number of rotatable bonds is 2. The van der Waals surface area contributed by atoms with Crippen molar-refractivity contribution < 1.29 is 0 Å². The highest BCUT2D eigenvalue weighted by Gasteiger charge is 2.26. The van der Waals surface area contributed by atoms with E-state index >= 15 is 0 Å². The Hall–Kier alpha value is -1.36. The van der Waals surface area contributed by atoms with Gasteiger partial charge in [0.25, 0.3) is 0 Å². The van der Waals surface area contributed by atoms with Gasteiger partial charge in [-0.05, 0) is 20.8 Å². The Morgan fingerprint density at radius 1 is 1.33 bits per heavy atom. The zero-order valence-electron chi connectivity index (χ0n) is 12.0. The van der Waals surface area contributed by atoms with E-state index < -0.39 is 0 Å². The number of aryl methyl sites for hydroxylation is 1. The quantitative estimate of drug-likeness (QED) is 0.848. The first-order chi connectivity index (χ1) is 8.37. The summed E-state index contributed by atoms with van der Waals surface area (Å²) in [6.07, 6.45) is 0. The molecule has 0 aromatic carbocycles. The maximum atomic E-state index is 4.57. The Kier molecular flexibility index (Phi) is 3.43. The van der Waals surface area contributed by atoms with Gasteiger partial charge in [0.1, 0.15) is 17.5 Å². The summed E-state index contributed by atoms with van der Waals surface area (Å²) in [7, 11) is 4.01. The normalized spacial score (nSPS) is 18.8. The Labute approximate surface area is 109 Å². The molecule has 1 fully saturated rings. The lowest BCUT2D eigenvalue weighted by molar-refractivity contribution is 0.351. The summed E-state index contributed by atoms with van der Waals surface area (Å²) in [4.78, 5) is 13.4. The van der Waals surface area contributed by atoms with Crippen molar-refractivity contribution in [3.05, 3.63) is 11.9 Å². The minimum absolute atomic E-state index is 0.134. The monoisotopic (exact) mass is 249 g/mol. The standard InChI is InChI=1S/C13H23N5/c1-10-15-11(17(4)5)8-12(16-10)18-7-6-14-13(2,3)9-18/h8,14H,6-7,9H2,1-5H3. The third kappa shape index (κ3) is 2.90. The summed E-state index contributed by atoms with van der Waals surface area (Å²) >= 11 is 0. The number of hydrogen-bond donors (Lipinski definition) is 1. The number of nitrogens with zero attached hydrogens (tertiary/aromatic N) is 4. The molecule has 1 saturated heterocycles. The van der Waals surface area contributed by atoms with E-state index in [0.717, 1.165) is 37.1 Å². The summed E-state index contributed by atoms with van der Waals surface area (Å²) < 4.78 is 0. The van der Waals surface area contributed by atoms with Crippen molar-refractivity contribution in [2.75, 3.05) is 43.5 Å². The second-order valence-corrected chi connectivity index (χ2v) is 5.76. The Morgan fingerprint density at radius 2 is 2.06 bits per heavy atom. The largest absolute Gasteiger partial charge is 0.363 e. The Balaban J connectivity index is 2.27. The Morgan fingerprint density at radius 3 is 2.67 bits per heavy atom. The molecule has 0 amide bonds. The third-order valence-corrected chi connectivity index (χ3v) is 3.16. The van der Waals surface area contributed by atoms with Gasteiger partial charge in [-0.25, -0.2) is 9.97 Å². The molecule has 0 bridgehead atoms. The first-order valence-electron chi connectivity index (χ1n) is 6.40. The minimum Gasteiger partial charge on any atom is -0.363 e. The highest BCUT2D eigenvalue weighted by atomic mass is 15.3. The van der Waals surface area contributed by atoms with Crippen LogP contribution in [0.5, 0.6) is 0 Å². The summed E-state index contributed by atoms with van der Waals surface area (Å²) in [5, 5.41) is 3.51. The molecule has 100 valence electrons. The van der Waals surface area contributed by atoms with Crippen LogP contribution in [0.3, 0.4) is 0 Å². The van der Waals surface area contributed by atoms with E-state index in [2.05, 4.69) is 40.1 Å². The van der Waals surface area contributed by atoms with E-state index in [1.165, 1.54) is 0 Å². The van der Waals surface area contributed by atoms with Gasteiger partial charge in [-0.3, -0.25) is 0 Å². The molecule has 18 heavy (non-hydrogen) atoms. The van der Waals surface area contributed by atoms with Crippen LogP contribution in [0.2, 0.25) is 0 Å². The molecule has 0 aliphatic carbocycles. The van der Waals surface area contributed by atoms with Crippen molar-refractivity contribution >= 4 is 11.6 Å². The Bertz CT molecular complexity index is 427. The summed E-state index contributed by atoms with van der Waals surface area (Å²) in [6.45, 7) is 9.35. The van der Waals surface area contributed by atoms with Crippen molar-refractivity contribution in [1.29, 1.82) is 0 Å². The third-order valence-electron chi connectivity index (χ3n) is 3.16. The van der Waals surface area contributed by atoms with Crippen LogP contribution in [0.25, 0.3) is 0 Å². The van der Waals surface area contributed by atoms with E-state index in [1.54, 1.807) is 0 Å². The smallest absolute Gasteiger partial charge is 0.134 e. The lowest BCUT2D eigenvalue weighted by atomic mass is 10.0. The van der Waals surface area contributed by atoms with Gasteiger partial charge < -0.3 is 15.1 Å². The van der Waals surface area contributed by atoms with Crippen LogP contribution in [-0.2, 0) is 0 Å². The molecule has 1 N–H and O–H groups in total. The predicted molar refractivity (Wildman–Crippen MR) is 75.4 cm³/mol. The number of hydrogen-bond acceptors (Lipinski definition) is 5. The van der Waals surface area contributed by atoms with Gasteiger partial charge in [0.15, 0.2) is 0 Å². The van der Waals surface area contributed by atoms with E-state index in [4.69, 9.17) is 0 Å². The van der Waals surface area contributed by atoms with Crippen LogP contribution in [0, 0.1) is 6.92 Å². The fourth-order valence-corrected chi connectivity index (χ4v) is 2.26. The summed E-state index contributed by atoms with van der Waals surface area (Å²) in [6, 6.07) is 2.06. The fourth-order valence-electron chi connectivity index (χ4n) is 2.26. The van der Waals surface area contributed by atoms with Crippen molar-refractivity contribution in [3.63, 3.8) is 0 Å². The predicted octanol–water partition coefficient (Wildman–Crippen LogP) is 1.04. The zero-order chi connectivity index (χ0) is 13.3. The summed E-state index contributed by atoms with van der Waals surface area (Å²) in [5.41, 5.74) is 0.134. The molecule has 0 spiro atoms. The highest BCUT2D eigenvalue weighted by molar-refractivity contribution is 5.50. The van der Waals surface area contributed by atoms with E-state index in [1.807, 2.05) is 25.9 Å². The number of nitrogens with one attached hydrogen (secondary N) is 1. The molecular formula is C13H23N5. The molecule has 1 aromatic heterocycles. The van der Waals surface area contributed by atoms with Crippen LogP contribution < -0.4 is 15.1 Å². The molecule has 0 unspecified atom stereocenters. The second-order valence-electron chi connectivity index (χ2n) is 5.76. The number of piperazine rings is 1. The molecule has 0 atom stereocenters. The lowest BCUT2D eigenvalue weighted by Crippen LogP contribution is -2.57. The van der Waals surface area contributed by atoms with Crippen molar-refractivity contribution in [3.8, 4) is 0 Å². The van der Waals surface area contributed by atoms with E-state index in [9.17, 15) is 0 Å². The number of anilines is 2. The SMILES string of the molecule is Cc1nc(N(C)C)cc(N2CCNC(C)(C)C2)n1. The van der Waals surface area contributed by atoms with Gasteiger partial charge in [0.05, 0.1) is 0 Å². The second kappa shape index (κ2) is 4.72. The van der Waals surface area contributed by atoms with Crippen molar-refractivity contribution in [2.24, 2.45) is 0 Å². The molecule has 0 saturated carbocycles. The maximum absolute atomic E-state index is 4.57. The van der Waals surface area contributed by atoms with Crippen LogP contribution in [-0.4, -0.2) is 49.2 Å². The molecule has 2 heterocycles. The molecule has 1 aliphatic rings. The van der Waals surface area contributed by atoms with Crippen LogP contribution in [0.4, 0.5) is 11.6 Å². The van der Waals surface area contributed by atoms with Gasteiger partial charge in [0.2, 0.25) is 0 Å². The first kappa shape index (κ1) is 13.1. The number of aromatic nitrogens is 2. The topological polar surface area (TPSA) is 44.3 Å². The minimum atomic E-state index is 0.134. The van der Waals surface area contributed by atoms with E-state index in [0.29, 0.717) is 0 Å². The van der Waals surface area contributed by atoms with Crippen molar-refractivity contribution in [2.45, 2.75) is 26.3 Å². The van der Waals surface area contributed by atoms with Gasteiger partial charge in [-0.1, -0.05) is 0 Å². The molecule has 1 aromatic rings. The van der Waals surface area contributed by atoms with Gasteiger partial charge >= 0.3 is 0 Å². The molecule has 0 radical (unpaired) electrons. The average molecular weight is 249 g/mol. The molecule has 5 nitrogen and oxygen atoms in total. The van der Waals surface area contributed by atoms with E-state index in [-0.39, 0.29) is 5.54 Å². The van der Waals surface area contributed by atoms with Crippen molar-refractivity contribution in [1.82, 2.24) is 15.3 Å². The highest BCUT2D eigenvalue weighted by Crippen LogP contribution is 2.21. The van der Waals surface area contributed by atoms with Gasteiger partial charge in [0, 0.05) is 45.3 Å². The zero-order valence-corrected chi connectivity index (χ0v) is 12.0. The molecule has 2 rings (SSSR count). The van der Waals surface area contributed by atoms with Gasteiger partial charge in [-0.2, -0.15) is 0 Å². The summed E-state index contributed by atoms with van der Waals surface area (Å²) in [5.74, 6) is 2.82. The molecule has 5 heteroatoms. The first-order valence-corrected chi connectivity index (χ1v) is 6.40. The fraction of sp³-hybridized carbons (Fsp3) is 0.692.